The van der Waals surface area contributed by atoms with E-state index in [4.69, 9.17) is 5.73 Å². The molecule has 0 amide bonds. The van der Waals surface area contributed by atoms with E-state index in [1.165, 1.54) is 0 Å². The smallest absolute Gasteiger partial charge is 0.144 e. The first-order valence-electron chi connectivity index (χ1n) is 7.05. The number of nitrogen functional groups attached to an aromatic ring is 1. The van der Waals surface area contributed by atoms with Crippen molar-refractivity contribution in [1.82, 2.24) is 9.97 Å². The lowest BCUT2D eigenvalue weighted by molar-refractivity contribution is 1.33. The number of H-pyrrole nitrogens is 1. The molecule has 4 aromatic rings. The first kappa shape index (κ1) is 13.8. The molecular weight excluding hydrogens is 352 g/mol. The van der Waals surface area contributed by atoms with Crippen molar-refractivity contribution in [2.75, 3.05) is 5.73 Å². The fourth-order valence-electron chi connectivity index (χ4n) is 2.94. The Balaban J connectivity index is 2.28. The largest absolute Gasteiger partial charge is 0.383 e. The number of aromatic amines is 1. The Labute approximate surface area is 140 Å². The number of nitrogens with two attached hydrogens (primary N) is 1. The fraction of sp³-hybridized carbons (Fsp3) is 0. The van der Waals surface area contributed by atoms with Gasteiger partial charge < -0.3 is 10.7 Å². The minimum Gasteiger partial charge on any atom is -0.383 e. The van der Waals surface area contributed by atoms with Gasteiger partial charge in [0.1, 0.15) is 23.1 Å². The highest BCUT2D eigenvalue weighted by Gasteiger charge is 2.20. The molecule has 0 aliphatic rings. The molecule has 0 radical (unpaired) electrons. The minimum atomic E-state index is 0.234. The molecule has 0 aliphatic carbocycles. The number of pyridine rings is 1. The molecule has 5 heteroatoms. The van der Waals surface area contributed by atoms with Crippen molar-refractivity contribution in [3.05, 3.63) is 58.6 Å². The first-order chi connectivity index (χ1) is 11.2. The summed E-state index contributed by atoms with van der Waals surface area (Å²) in [6.45, 7) is 0. The van der Waals surface area contributed by atoms with E-state index < -0.39 is 0 Å². The van der Waals surface area contributed by atoms with Gasteiger partial charge in [0.15, 0.2) is 0 Å². The molecule has 23 heavy (non-hydrogen) atoms. The maximum Gasteiger partial charge on any atom is 0.144 e. The summed E-state index contributed by atoms with van der Waals surface area (Å²) in [6.07, 6.45) is 0. The monoisotopic (exact) mass is 362 g/mol. The summed E-state index contributed by atoms with van der Waals surface area (Å²) in [5.74, 6) is 0.234. The van der Waals surface area contributed by atoms with Crippen LogP contribution >= 0.6 is 15.9 Å². The van der Waals surface area contributed by atoms with E-state index in [0.29, 0.717) is 11.2 Å². The van der Waals surface area contributed by atoms with Gasteiger partial charge in [-0.1, -0.05) is 52.3 Å². The zero-order chi connectivity index (χ0) is 16.0. The van der Waals surface area contributed by atoms with Gasteiger partial charge in [0, 0.05) is 26.3 Å². The number of nitrogens with zero attached hydrogens (tertiary/aromatic N) is 2. The van der Waals surface area contributed by atoms with Gasteiger partial charge >= 0.3 is 0 Å². The Morgan fingerprint density at radius 1 is 1.09 bits per heavy atom. The summed E-state index contributed by atoms with van der Waals surface area (Å²) in [4.78, 5) is 7.67. The molecule has 0 unspecified atom stereocenters. The van der Waals surface area contributed by atoms with E-state index in [-0.39, 0.29) is 5.82 Å². The van der Waals surface area contributed by atoms with Crippen LogP contribution in [0.4, 0.5) is 5.82 Å². The van der Waals surface area contributed by atoms with Crippen LogP contribution in [0.1, 0.15) is 5.56 Å². The third-order valence-electron chi connectivity index (χ3n) is 3.93. The highest BCUT2D eigenvalue weighted by atomic mass is 79.9. The van der Waals surface area contributed by atoms with Gasteiger partial charge in [-0.2, -0.15) is 5.26 Å². The number of anilines is 1. The van der Waals surface area contributed by atoms with Gasteiger partial charge in [0.25, 0.3) is 0 Å². The molecule has 0 spiro atoms. The summed E-state index contributed by atoms with van der Waals surface area (Å²) in [7, 11) is 0. The maximum absolute atomic E-state index is 9.63. The summed E-state index contributed by atoms with van der Waals surface area (Å²) in [5.41, 5.74) is 9.82. The lowest BCUT2D eigenvalue weighted by Crippen LogP contribution is -1.99. The van der Waals surface area contributed by atoms with Crippen LogP contribution < -0.4 is 5.73 Å². The van der Waals surface area contributed by atoms with Gasteiger partial charge in [-0.15, -0.1) is 0 Å². The number of halogens is 1. The van der Waals surface area contributed by atoms with Crippen molar-refractivity contribution >= 4 is 43.7 Å². The van der Waals surface area contributed by atoms with Gasteiger partial charge in [-0.3, -0.25) is 0 Å². The second-order valence-electron chi connectivity index (χ2n) is 5.23. The van der Waals surface area contributed by atoms with Gasteiger partial charge in [-0.05, 0) is 17.7 Å². The molecule has 0 atom stereocenters. The molecular formula is C18H11BrN4. The number of rotatable bonds is 1. The number of hydrogen-bond acceptors (Lipinski definition) is 3. The third kappa shape index (κ3) is 2.00. The number of para-hydroxylation sites is 1. The van der Waals surface area contributed by atoms with Crippen LogP contribution in [0.25, 0.3) is 33.1 Å². The van der Waals surface area contributed by atoms with Gasteiger partial charge in [0.2, 0.25) is 0 Å². The van der Waals surface area contributed by atoms with Crippen LogP contribution in [0.15, 0.2) is 53.0 Å². The normalized spacial score (nSPS) is 11.0. The third-order valence-corrected chi connectivity index (χ3v) is 4.62. The molecule has 2 aromatic carbocycles. The van der Waals surface area contributed by atoms with Crippen LogP contribution in [0.2, 0.25) is 0 Å². The zero-order valence-electron chi connectivity index (χ0n) is 12.0. The van der Waals surface area contributed by atoms with Crippen LogP contribution in [-0.2, 0) is 0 Å². The van der Waals surface area contributed by atoms with E-state index >= 15 is 0 Å². The van der Waals surface area contributed by atoms with Crippen molar-refractivity contribution in [2.24, 2.45) is 0 Å². The molecule has 0 saturated heterocycles. The molecule has 0 fully saturated rings. The molecule has 0 bridgehead atoms. The minimum absolute atomic E-state index is 0.234. The maximum atomic E-state index is 9.63. The first-order valence-corrected chi connectivity index (χ1v) is 7.85. The molecule has 4 nitrogen and oxygen atoms in total. The summed E-state index contributed by atoms with van der Waals surface area (Å²) < 4.78 is 0.911. The van der Waals surface area contributed by atoms with Crippen molar-refractivity contribution in [1.29, 1.82) is 5.26 Å². The Hall–Kier alpha value is -2.84. The summed E-state index contributed by atoms with van der Waals surface area (Å²) in [6, 6.07) is 18.0. The predicted octanol–water partition coefficient (Wildman–Crippen LogP) is 4.60. The van der Waals surface area contributed by atoms with E-state index in [9.17, 15) is 5.26 Å². The van der Waals surface area contributed by atoms with Crippen LogP contribution in [0, 0.1) is 11.3 Å². The van der Waals surface area contributed by atoms with E-state index in [2.05, 4.69) is 32.0 Å². The average Bonchev–Trinajstić information content (AvgIpc) is 2.92. The topological polar surface area (TPSA) is 78.5 Å². The molecule has 110 valence electrons. The number of hydrogen-bond donors (Lipinski definition) is 2. The second-order valence-corrected chi connectivity index (χ2v) is 6.09. The molecule has 2 heterocycles. The van der Waals surface area contributed by atoms with Crippen molar-refractivity contribution < 1.29 is 0 Å². The lowest BCUT2D eigenvalue weighted by atomic mass is 9.96. The zero-order valence-corrected chi connectivity index (χ0v) is 13.6. The highest BCUT2D eigenvalue weighted by Crippen LogP contribution is 2.40. The summed E-state index contributed by atoms with van der Waals surface area (Å²) >= 11 is 3.58. The van der Waals surface area contributed by atoms with E-state index in [1.54, 1.807) is 0 Å². The molecule has 0 saturated carbocycles. The number of nitrogens with one attached hydrogen (secondary N) is 1. The average molecular weight is 363 g/mol. The van der Waals surface area contributed by atoms with E-state index in [0.717, 1.165) is 31.9 Å². The quantitative estimate of drug-likeness (QED) is 0.519. The van der Waals surface area contributed by atoms with Crippen molar-refractivity contribution in [3.63, 3.8) is 0 Å². The predicted molar refractivity (Wildman–Crippen MR) is 95.9 cm³/mol. The van der Waals surface area contributed by atoms with Crippen LogP contribution in [-0.4, -0.2) is 9.97 Å². The molecule has 0 aliphatic heterocycles. The van der Waals surface area contributed by atoms with Crippen molar-refractivity contribution in [2.45, 2.75) is 0 Å². The number of nitriles is 1. The Bertz CT molecular complexity index is 1110. The van der Waals surface area contributed by atoms with Crippen molar-refractivity contribution in [3.8, 4) is 17.2 Å². The number of aromatic nitrogens is 2. The molecule has 3 N–H and O–H groups in total. The standard InChI is InChI=1S/C18H11BrN4/c19-13-7-3-1-5-10(13)15-12(9-20)17(21)23-18-16(15)11-6-2-4-8-14(11)22-18/h1-8H,(H3,21,22,23). The second kappa shape index (κ2) is 5.11. The Kier molecular flexibility index (Phi) is 3.07. The molecule has 4 rings (SSSR count). The molecule has 2 aromatic heterocycles. The van der Waals surface area contributed by atoms with Gasteiger partial charge in [-0.25, -0.2) is 4.98 Å². The number of benzene rings is 2. The summed E-state index contributed by atoms with van der Waals surface area (Å²) in [5, 5.41) is 11.6. The van der Waals surface area contributed by atoms with Crippen LogP contribution in [0.3, 0.4) is 0 Å². The fourth-order valence-corrected chi connectivity index (χ4v) is 3.42. The Morgan fingerprint density at radius 3 is 2.61 bits per heavy atom. The van der Waals surface area contributed by atoms with Crippen LogP contribution in [0.5, 0.6) is 0 Å². The van der Waals surface area contributed by atoms with Gasteiger partial charge in [0.05, 0.1) is 0 Å². The lowest BCUT2D eigenvalue weighted by Gasteiger charge is -2.10. The number of fused-ring (bicyclic) bond motifs is 3. The van der Waals surface area contributed by atoms with E-state index in [1.807, 2.05) is 48.5 Å². The highest BCUT2D eigenvalue weighted by molar-refractivity contribution is 9.10. The Morgan fingerprint density at radius 2 is 1.83 bits per heavy atom. The SMILES string of the molecule is N#Cc1c(N)nc2[nH]c3ccccc3c2c1-c1ccccc1Br.